The van der Waals surface area contributed by atoms with Crippen molar-refractivity contribution in [3.8, 4) is 17.0 Å². The highest BCUT2D eigenvalue weighted by Gasteiger charge is 2.21. The second-order valence-corrected chi connectivity index (χ2v) is 5.93. The lowest BCUT2D eigenvalue weighted by Crippen LogP contribution is -2.25. The van der Waals surface area contributed by atoms with Gasteiger partial charge in [-0.3, -0.25) is 9.58 Å². The molecule has 2 aromatic rings. The number of nitrogens with zero attached hydrogens (tertiary/aromatic N) is 3. The summed E-state index contributed by atoms with van der Waals surface area (Å²) in [6, 6.07) is 7.42. The molecule has 1 aromatic carbocycles. The summed E-state index contributed by atoms with van der Waals surface area (Å²) >= 11 is 6.06. The molecule has 0 bridgehead atoms. The van der Waals surface area contributed by atoms with Crippen molar-refractivity contribution in [3.63, 3.8) is 0 Å². The molecular weight excluding hydrogens is 305 g/mol. The Balaban J connectivity index is 1.69. The van der Waals surface area contributed by atoms with Crippen molar-refractivity contribution in [2.45, 2.75) is 19.1 Å². The Morgan fingerprint density at radius 1 is 1.36 bits per heavy atom. The van der Waals surface area contributed by atoms with E-state index < -0.39 is 6.17 Å². The van der Waals surface area contributed by atoms with Crippen molar-refractivity contribution in [1.82, 2.24) is 14.7 Å². The largest absolute Gasteiger partial charge is 0.496 e. The first-order chi connectivity index (χ1) is 10.7. The third-order valence-corrected chi connectivity index (χ3v) is 4.17. The van der Waals surface area contributed by atoms with E-state index in [2.05, 4.69) is 10.00 Å². The highest BCUT2D eigenvalue weighted by Crippen LogP contribution is 2.31. The second kappa shape index (κ2) is 6.67. The topological polar surface area (TPSA) is 30.3 Å². The SMILES string of the molecule is COc1ccc(Cl)cc1-c1ccn(CCN2CCC(F)C2)n1. The first kappa shape index (κ1) is 15.3. The Bertz CT molecular complexity index is 646. The average Bonchev–Trinajstić information content (AvgIpc) is 3.14. The summed E-state index contributed by atoms with van der Waals surface area (Å²) in [5, 5.41) is 5.22. The van der Waals surface area contributed by atoms with Crippen LogP contribution >= 0.6 is 11.6 Å². The molecule has 4 nitrogen and oxygen atoms in total. The van der Waals surface area contributed by atoms with Gasteiger partial charge in [-0.25, -0.2) is 4.39 Å². The van der Waals surface area contributed by atoms with Crippen LogP contribution in [0.1, 0.15) is 6.42 Å². The Labute approximate surface area is 134 Å². The van der Waals surface area contributed by atoms with Crippen molar-refractivity contribution >= 4 is 11.6 Å². The van der Waals surface area contributed by atoms with E-state index in [9.17, 15) is 4.39 Å². The maximum atomic E-state index is 13.2. The van der Waals surface area contributed by atoms with Crippen LogP contribution in [0.5, 0.6) is 5.75 Å². The van der Waals surface area contributed by atoms with Crippen molar-refractivity contribution in [2.75, 3.05) is 26.7 Å². The number of rotatable bonds is 5. The van der Waals surface area contributed by atoms with Crippen LogP contribution in [0.25, 0.3) is 11.3 Å². The molecule has 1 fully saturated rings. The number of alkyl halides is 1. The highest BCUT2D eigenvalue weighted by molar-refractivity contribution is 6.30. The van der Waals surface area contributed by atoms with Crippen molar-refractivity contribution in [3.05, 3.63) is 35.5 Å². The molecule has 1 unspecified atom stereocenters. The molecule has 1 aromatic heterocycles. The summed E-state index contributed by atoms with van der Waals surface area (Å²) in [5.41, 5.74) is 1.70. The van der Waals surface area contributed by atoms with E-state index in [1.54, 1.807) is 13.2 Å². The molecule has 118 valence electrons. The quantitative estimate of drug-likeness (QED) is 0.846. The van der Waals surface area contributed by atoms with Crippen LogP contribution in [-0.4, -0.2) is 47.6 Å². The van der Waals surface area contributed by atoms with Crippen LogP contribution in [0.2, 0.25) is 5.02 Å². The van der Waals surface area contributed by atoms with Gasteiger partial charge in [-0.2, -0.15) is 5.10 Å². The molecule has 1 aliphatic heterocycles. The Hall–Kier alpha value is -1.59. The predicted octanol–water partition coefficient (Wildman–Crippen LogP) is 3.26. The molecule has 0 saturated carbocycles. The van der Waals surface area contributed by atoms with Gasteiger partial charge in [0.25, 0.3) is 0 Å². The van der Waals surface area contributed by atoms with E-state index in [0.717, 1.165) is 36.6 Å². The monoisotopic (exact) mass is 323 g/mol. The van der Waals surface area contributed by atoms with Crippen LogP contribution in [-0.2, 0) is 6.54 Å². The van der Waals surface area contributed by atoms with Crippen molar-refractivity contribution in [2.24, 2.45) is 0 Å². The molecular formula is C16H19ClFN3O. The van der Waals surface area contributed by atoms with E-state index >= 15 is 0 Å². The van der Waals surface area contributed by atoms with Gasteiger partial charge in [-0.05, 0) is 30.7 Å². The van der Waals surface area contributed by atoms with Gasteiger partial charge in [0, 0.05) is 36.4 Å². The standard InChI is InChI=1S/C16H19ClFN3O/c1-22-16-3-2-12(17)10-14(16)15-5-7-21(19-15)9-8-20-6-4-13(18)11-20/h2-3,5,7,10,13H,4,6,8-9,11H2,1H3. The number of methoxy groups -OCH3 is 1. The van der Waals surface area contributed by atoms with E-state index in [4.69, 9.17) is 16.3 Å². The number of halogens is 2. The van der Waals surface area contributed by atoms with Gasteiger partial charge in [0.1, 0.15) is 11.9 Å². The lowest BCUT2D eigenvalue weighted by atomic mass is 10.1. The predicted molar refractivity (Wildman–Crippen MR) is 85.2 cm³/mol. The minimum absolute atomic E-state index is 0.538. The molecule has 1 atom stereocenters. The number of hydrogen-bond acceptors (Lipinski definition) is 3. The van der Waals surface area contributed by atoms with Gasteiger partial charge in [0.2, 0.25) is 0 Å². The summed E-state index contributed by atoms with van der Waals surface area (Å²) in [6.45, 7) is 2.93. The smallest absolute Gasteiger partial charge is 0.128 e. The fourth-order valence-electron chi connectivity index (χ4n) is 2.74. The van der Waals surface area contributed by atoms with E-state index in [-0.39, 0.29) is 0 Å². The molecule has 1 aliphatic rings. The molecule has 22 heavy (non-hydrogen) atoms. The van der Waals surface area contributed by atoms with E-state index in [1.165, 1.54) is 0 Å². The summed E-state index contributed by atoms with van der Waals surface area (Å²) in [6.07, 6.45) is 1.90. The number of benzene rings is 1. The van der Waals surface area contributed by atoms with Gasteiger partial charge < -0.3 is 4.74 Å². The Kier molecular flexibility index (Phi) is 4.64. The highest BCUT2D eigenvalue weighted by atomic mass is 35.5. The zero-order chi connectivity index (χ0) is 15.5. The van der Waals surface area contributed by atoms with Gasteiger partial charge in [0.15, 0.2) is 0 Å². The molecule has 3 rings (SSSR count). The number of aromatic nitrogens is 2. The lowest BCUT2D eigenvalue weighted by molar-refractivity contribution is 0.276. The number of hydrogen-bond donors (Lipinski definition) is 0. The molecule has 0 amide bonds. The summed E-state index contributed by atoms with van der Waals surface area (Å²) in [7, 11) is 1.63. The fourth-order valence-corrected chi connectivity index (χ4v) is 2.91. The molecule has 2 heterocycles. The first-order valence-electron chi connectivity index (χ1n) is 7.39. The lowest BCUT2D eigenvalue weighted by Gasteiger charge is -2.14. The summed E-state index contributed by atoms with van der Waals surface area (Å²) in [5.74, 6) is 0.745. The zero-order valence-electron chi connectivity index (χ0n) is 12.5. The minimum Gasteiger partial charge on any atom is -0.496 e. The average molecular weight is 324 g/mol. The molecule has 0 N–H and O–H groups in total. The van der Waals surface area contributed by atoms with Crippen molar-refractivity contribution < 1.29 is 9.13 Å². The van der Waals surface area contributed by atoms with Crippen LogP contribution in [0, 0.1) is 0 Å². The van der Waals surface area contributed by atoms with E-state index in [1.807, 2.05) is 29.1 Å². The molecule has 0 aliphatic carbocycles. The number of ether oxygens (including phenoxy) is 1. The second-order valence-electron chi connectivity index (χ2n) is 5.50. The molecule has 6 heteroatoms. The summed E-state index contributed by atoms with van der Waals surface area (Å²) < 4.78 is 20.4. The van der Waals surface area contributed by atoms with Gasteiger partial charge >= 0.3 is 0 Å². The Morgan fingerprint density at radius 2 is 2.23 bits per heavy atom. The number of likely N-dealkylation sites (tertiary alicyclic amines) is 1. The maximum absolute atomic E-state index is 13.2. The Morgan fingerprint density at radius 3 is 2.95 bits per heavy atom. The third kappa shape index (κ3) is 3.42. The fraction of sp³-hybridized carbons (Fsp3) is 0.438. The van der Waals surface area contributed by atoms with Crippen LogP contribution in [0.4, 0.5) is 4.39 Å². The van der Waals surface area contributed by atoms with Gasteiger partial charge in [-0.1, -0.05) is 11.6 Å². The normalized spacial score (nSPS) is 18.8. The van der Waals surface area contributed by atoms with Crippen LogP contribution in [0.15, 0.2) is 30.5 Å². The minimum atomic E-state index is -0.677. The molecule has 0 spiro atoms. The first-order valence-corrected chi connectivity index (χ1v) is 7.77. The zero-order valence-corrected chi connectivity index (χ0v) is 13.3. The summed E-state index contributed by atoms with van der Waals surface area (Å²) in [4.78, 5) is 2.13. The van der Waals surface area contributed by atoms with Crippen LogP contribution in [0.3, 0.4) is 0 Å². The van der Waals surface area contributed by atoms with Crippen LogP contribution < -0.4 is 4.74 Å². The third-order valence-electron chi connectivity index (χ3n) is 3.94. The molecule has 1 saturated heterocycles. The molecule has 0 radical (unpaired) electrons. The van der Waals surface area contributed by atoms with Crippen molar-refractivity contribution in [1.29, 1.82) is 0 Å². The van der Waals surface area contributed by atoms with Gasteiger partial charge in [-0.15, -0.1) is 0 Å². The van der Waals surface area contributed by atoms with Gasteiger partial charge in [0.05, 0.1) is 19.3 Å². The van der Waals surface area contributed by atoms with E-state index in [0.29, 0.717) is 18.0 Å². The maximum Gasteiger partial charge on any atom is 0.128 e.